The van der Waals surface area contributed by atoms with Gasteiger partial charge in [0.1, 0.15) is 23.2 Å². The van der Waals surface area contributed by atoms with Crippen LogP contribution in [0.2, 0.25) is 0 Å². The lowest BCUT2D eigenvalue weighted by Crippen LogP contribution is -2.49. The van der Waals surface area contributed by atoms with Gasteiger partial charge in [-0.25, -0.2) is 14.8 Å². The number of nitrogens with one attached hydrogen (secondary N) is 3. The van der Waals surface area contributed by atoms with Gasteiger partial charge in [-0.3, -0.25) is 19.6 Å². The third kappa shape index (κ3) is 4.04. The Morgan fingerprint density at radius 3 is 2.69 bits per heavy atom. The number of carbonyl (C=O) groups excluding carboxylic acids is 1. The van der Waals surface area contributed by atoms with Gasteiger partial charge in [-0.2, -0.15) is 0 Å². The van der Waals surface area contributed by atoms with Crippen molar-refractivity contribution in [3.63, 3.8) is 0 Å². The molecule has 1 amide bonds. The van der Waals surface area contributed by atoms with Gasteiger partial charge in [-0.05, 0) is 18.6 Å². The van der Waals surface area contributed by atoms with Crippen LogP contribution < -0.4 is 16.6 Å². The molecule has 1 aliphatic heterocycles. The molecule has 10 nitrogen and oxygen atoms in total. The van der Waals surface area contributed by atoms with E-state index in [1.54, 1.807) is 24.1 Å². The zero-order valence-corrected chi connectivity index (χ0v) is 17.4. The number of pyridine rings is 1. The molecule has 12 heteroatoms. The number of carbonyl (C=O) groups is 1. The van der Waals surface area contributed by atoms with Crippen LogP contribution in [-0.2, 0) is 7.05 Å². The Balaban J connectivity index is 0.00000150. The number of H-pyrrole nitrogens is 2. The molecule has 0 spiro atoms. The highest BCUT2D eigenvalue weighted by molar-refractivity contribution is 5.95. The summed E-state index contributed by atoms with van der Waals surface area (Å²) < 4.78 is 1.88. The zero-order valence-electron chi connectivity index (χ0n) is 15.8. The van der Waals surface area contributed by atoms with Gasteiger partial charge in [0, 0.05) is 39.1 Å². The molecule has 3 aromatic rings. The number of halogens is 2. The van der Waals surface area contributed by atoms with Crippen molar-refractivity contribution in [2.75, 3.05) is 19.6 Å². The van der Waals surface area contributed by atoms with E-state index in [4.69, 9.17) is 0 Å². The molecule has 0 radical (unpaired) electrons. The van der Waals surface area contributed by atoms with Gasteiger partial charge in [0.05, 0.1) is 5.39 Å². The van der Waals surface area contributed by atoms with Crippen LogP contribution in [0.5, 0.6) is 0 Å². The summed E-state index contributed by atoms with van der Waals surface area (Å²) >= 11 is 0. The second-order valence-electron chi connectivity index (χ2n) is 6.57. The first-order chi connectivity index (χ1) is 13.0. The number of hydrogen-bond acceptors (Lipinski definition) is 6. The molecule has 0 aliphatic carbocycles. The minimum atomic E-state index is -0.656. The fourth-order valence-electron chi connectivity index (χ4n) is 3.49. The number of aromatic nitrogens is 5. The number of hydrogen-bond donors (Lipinski definition) is 3. The van der Waals surface area contributed by atoms with Crippen LogP contribution in [-0.4, -0.2) is 54.9 Å². The maximum atomic E-state index is 13.2. The average molecular weight is 442 g/mol. The van der Waals surface area contributed by atoms with E-state index in [1.165, 1.54) is 0 Å². The molecule has 3 aromatic heterocycles. The van der Waals surface area contributed by atoms with Crippen molar-refractivity contribution in [2.45, 2.75) is 13.0 Å². The third-order valence-corrected chi connectivity index (χ3v) is 4.78. The van der Waals surface area contributed by atoms with Crippen LogP contribution >= 0.6 is 24.8 Å². The molecular formula is C17H21Cl2N7O3. The number of fused-ring (bicyclic) bond motifs is 1. The topological polar surface area (TPSA) is 129 Å². The molecule has 4 rings (SSSR count). The van der Waals surface area contributed by atoms with Crippen LogP contribution in [0.4, 0.5) is 0 Å². The van der Waals surface area contributed by atoms with Crippen LogP contribution in [0, 0.1) is 6.92 Å². The van der Waals surface area contributed by atoms with Crippen LogP contribution in [0.15, 0.2) is 28.0 Å². The Bertz CT molecular complexity index is 1150. The Kier molecular flexibility index (Phi) is 6.83. The molecule has 29 heavy (non-hydrogen) atoms. The van der Waals surface area contributed by atoms with Gasteiger partial charge in [-0.15, -0.1) is 24.8 Å². The summed E-state index contributed by atoms with van der Waals surface area (Å²) in [5, 5.41) is 3.55. The fraction of sp³-hybridized carbons (Fsp3) is 0.353. The normalized spacial score (nSPS) is 16.2. The van der Waals surface area contributed by atoms with Gasteiger partial charge in [0.2, 0.25) is 0 Å². The van der Waals surface area contributed by atoms with Crippen molar-refractivity contribution in [1.29, 1.82) is 0 Å². The first kappa shape index (κ1) is 22.6. The Morgan fingerprint density at radius 1 is 1.24 bits per heavy atom. The number of piperazine rings is 1. The van der Waals surface area contributed by atoms with E-state index in [2.05, 4.69) is 25.3 Å². The molecule has 0 aromatic carbocycles. The van der Waals surface area contributed by atoms with Crippen molar-refractivity contribution in [3.05, 3.63) is 56.4 Å². The fourth-order valence-corrected chi connectivity index (χ4v) is 3.49. The molecule has 3 N–H and O–H groups in total. The first-order valence-electron chi connectivity index (χ1n) is 8.58. The lowest BCUT2D eigenvalue weighted by atomic mass is 10.1. The summed E-state index contributed by atoms with van der Waals surface area (Å²) in [5.41, 5.74) is -0.314. The molecule has 4 heterocycles. The van der Waals surface area contributed by atoms with Crippen molar-refractivity contribution < 1.29 is 4.79 Å². The number of aryl methyl sites for hydroxylation is 2. The average Bonchev–Trinajstić information content (AvgIpc) is 3.06. The minimum absolute atomic E-state index is 0. The monoisotopic (exact) mass is 441 g/mol. The van der Waals surface area contributed by atoms with E-state index in [-0.39, 0.29) is 53.5 Å². The van der Waals surface area contributed by atoms with E-state index in [0.29, 0.717) is 25.2 Å². The highest BCUT2D eigenvalue weighted by Gasteiger charge is 2.32. The number of imidazole rings is 1. The van der Waals surface area contributed by atoms with Crippen LogP contribution in [0.3, 0.4) is 0 Å². The summed E-state index contributed by atoms with van der Waals surface area (Å²) in [6.07, 6.45) is 3.53. The van der Waals surface area contributed by atoms with Crippen molar-refractivity contribution in [3.8, 4) is 0 Å². The molecule has 1 saturated heterocycles. The van der Waals surface area contributed by atoms with Crippen molar-refractivity contribution in [2.24, 2.45) is 7.05 Å². The maximum absolute atomic E-state index is 13.2. The summed E-state index contributed by atoms with van der Waals surface area (Å²) in [7, 11) is 1.88. The van der Waals surface area contributed by atoms with Gasteiger partial charge < -0.3 is 14.8 Å². The molecular weight excluding hydrogens is 421 g/mol. The Hall–Kier alpha value is -2.69. The third-order valence-electron chi connectivity index (χ3n) is 4.78. The van der Waals surface area contributed by atoms with Gasteiger partial charge >= 0.3 is 5.69 Å². The standard InChI is InChI=1S/C17H19N7O3.2ClH/c1-9-7-10(20-13-12(9)15(25)22-17(27)21-13)16(26)24-6-3-18-8-11(24)14-19-4-5-23(14)2;;/h4-5,7,11,18H,3,6,8H2,1-2H3,(H2,20,21,22,25,27);2*1H. The van der Waals surface area contributed by atoms with Crippen LogP contribution in [0.1, 0.15) is 27.9 Å². The highest BCUT2D eigenvalue weighted by atomic mass is 35.5. The predicted molar refractivity (Wildman–Crippen MR) is 112 cm³/mol. The lowest BCUT2D eigenvalue weighted by molar-refractivity contribution is 0.0615. The molecule has 1 atom stereocenters. The lowest BCUT2D eigenvalue weighted by Gasteiger charge is -2.35. The molecule has 0 saturated carbocycles. The first-order valence-corrected chi connectivity index (χ1v) is 8.58. The van der Waals surface area contributed by atoms with Crippen LogP contribution in [0.25, 0.3) is 11.0 Å². The molecule has 1 fully saturated rings. The van der Waals surface area contributed by atoms with Gasteiger partial charge in [0.15, 0.2) is 0 Å². The summed E-state index contributed by atoms with van der Waals surface area (Å²) in [6.45, 7) is 3.46. The number of rotatable bonds is 2. The smallest absolute Gasteiger partial charge is 0.327 e. The SMILES string of the molecule is Cc1cc(C(=O)N2CCNCC2c2nccn2C)nc2[nH]c(=O)[nH]c(=O)c12.Cl.Cl. The Labute approximate surface area is 177 Å². The maximum Gasteiger partial charge on any atom is 0.327 e. The van der Waals surface area contributed by atoms with E-state index >= 15 is 0 Å². The van der Waals surface area contributed by atoms with Crippen molar-refractivity contribution >= 4 is 41.8 Å². The van der Waals surface area contributed by atoms with Crippen molar-refractivity contribution in [1.82, 2.24) is 34.7 Å². The van der Waals surface area contributed by atoms with Gasteiger partial charge in [-0.1, -0.05) is 0 Å². The van der Waals surface area contributed by atoms with Gasteiger partial charge in [0.25, 0.3) is 11.5 Å². The zero-order chi connectivity index (χ0) is 19.1. The largest absolute Gasteiger partial charge is 0.336 e. The molecule has 0 bridgehead atoms. The predicted octanol–water partition coefficient (Wildman–Crippen LogP) is 0.284. The molecule has 156 valence electrons. The van der Waals surface area contributed by atoms with E-state index in [1.807, 2.05) is 17.8 Å². The number of amides is 1. The molecule has 1 aliphatic rings. The quantitative estimate of drug-likeness (QED) is 0.523. The highest BCUT2D eigenvalue weighted by Crippen LogP contribution is 2.23. The second-order valence-corrected chi connectivity index (χ2v) is 6.57. The summed E-state index contributed by atoms with van der Waals surface area (Å²) in [6, 6.07) is 1.35. The second kappa shape index (κ2) is 8.76. The summed E-state index contributed by atoms with van der Waals surface area (Å²) in [4.78, 5) is 51.8. The summed E-state index contributed by atoms with van der Waals surface area (Å²) in [5.74, 6) is 0.508. The van der Waals surface area contributed by atoms with E-state index in [9.17, 15) is 14.4 Å². The Morgan fingerprint density at radius 2 is 2.00 bits per heavy atom. The molecule has 1 unspecified atom stereocenters. The minimum Gasteiger partial charge on any atom is -0.336 e. The van der Waals surface area contributed by atoms with E-state index < -0.39 is 11.2 Å². The number of nitrogens with zero attached hydrogens (tertiary/aromatic N) is 4. The van der Waals surface area contributed by atoms with E-state index in [0.717, 1.165) is 5.82 Å². The number of aromatic amines is 2.